The first-order valence-corrected chi connectivity index (χ1v) is 7.35. The zero-order valence-corrected chi connectivity index (χ0v) is 11.8. The quantitative estimate of drug-likeness (QED) is 0.723. The maximum atomic E-state index is 4.37. The van der Waals surface area contributed by atoms with E-state index in [-0.39, 0.29) is 0 Å². The molecule has 3 aromatic rings. The Morgan fingerprint density at radius 1 is 1.26 bits per heavy atom. The SMILES string of the molecule is Cn1ccc(CCNCc2csc3ccccc23)n1. The first-order chi connectivity index (χ1) is 9.33. The number of aromatic nitrogens is 2. The number of hydrogen-bond acceptors (Lipinski definition) is 3. The van der Waals surface area contributed by atoms with Gasteiger partial charge >= 0.3 is 0 Å². The van der Waals surface area contributed by atoms with E-state index >= 15 is 0 Å². The molecule has 0 radical (unpaired) electrons. The van der Waals surface area contributed by atoms with Gasteiger partial charge in [0.05, 0.1) is 5.69 Å². The smallest absolute Gasteiger partial charge is 0.0637 e. The fourth-order valence-electron chi connectivity index (χ4n) is 2.21. The molecular formula is C15H17N3S. The van der Waals surface area contributed by atoms with Crippen molar-refractivity contribution in [3.63, 3.8) is 0 Å². The molecule has 3 nitrogen and oxygen atoms in total. The van der Waals surface area contributed by atoms with Crippen molar-refractivity contribution in [2.45, 2.75) is 13.0 Å². The highest BCUT2D eigenvalue weighted by Crippen LogP contribution is 2.25. The highest BCUT2D eigenvalue weighted by atomic mass is 32.1. The maximum absolute atomic E-state index is 4.37. The molecule has 3 rings (SSSR count). The summed E-state index contributed by atoms with van der Waals surface area (Å²) in [6, 6.07) is 10.6. The molecule has 19 heavy (non-hydrogen) atoms. The lowest BCUT2D eigenvalue weighted by molar-refractivity contribution is 0.668. The standard InChI is InChI=1S/C15H17N3S/c1-18-9-7-13(17-18)6-8-16-10-12-11-19-15-5-3-2-4-14(12)15/h2-5,7,9,11,16H,6,8,10H2,1H3. The Hall–Kier alpha value is -1.65. The molecule has 4 heteroatoms. The van der Waals surface area contributed by atoms with E-state index < -0.39 is 0 Å². The molecule has 0 unspecified atom stereocenters. The van der Waals surface area contributed by atoms with Gasteiger partial charge in [0.1, 0.15) is 0 Å². The van der Waals surface area contributed by atoms with E-state index in [9.17, 15) is 0 Å². The molecule has 0 spiro atoms. The number of fused-ring (bicyclic) bond motifs is 1. The van der Waals surface area contributed by atoms with Gasteiger partial charge < -0.3 is 5.32 Å². The van der Waals surface area contributed by atoms with E-state index in [1.165, 1.54) is 15.6 Å². The predicted molar refractivity (Wildman–Crippen MR) is 80.4 cm³/mol. The highest BCUT2D eigenvalue weighted by Gasteiger charge is 2.02. The van der Waals surface area contributed by atoms with Gasteiger partial charge in [-0.3, -0.25) is 4.68 Å². The van der Waals surface area contributed by atoms with Gasteiger partial charge in [0.2, 0.25) is 0 Å². The number of benzene rings is 1. The van der Waals surface area contributed by atoms with Crippen molar-refractivity contribution in [1.82, 2.24) is 15.1 Å². The normalized spacial score (nSPS) is 11.2. The lowest BCUT2D eigenvalue weighted by atomic mass is 10.2. The van der Waals surface area contributed by atoms with Crippen molar-refractivity contribution in [3.05, 3.63) is 53.2 Å². The van der Waals surface area contributed by atoms with E-state index in [0.29, 0.717) is 0 Å². The average Bonchev–Trinajstić information content (AvgIpc) is 3.02. The second-order valence-electron chi connectivity index (χ2n) is 4.66. The first-order valence-electron chi connectivity index (χ1n) is 6.47. The summed E-state index contributed by atoms with van der Waals surface area (Å²) in [5, 5.41) is 11.5. The summed E-state index contributed by atoms with van der Waals surface area (Å²) in [7, 11) is 1.95. The van der Waals surface area contributed by atoms with Crippen LogP contribution in [0.4, 0.5) is 0 Å². The second-order valence-corrected chi connectivity index (χ2v) is 5.58. The van der Waals surface area contributed by atoms with E-state index in [1.807, 2.05) is 29.3 Å². The minimum Gasteiger partial charge on any atom is -0.312 e. The van der Waals surface area contributed by atoms with Crippen LogP contribution >= 0.6 is 11.3 Å². The van der Waals surface area contributed by atoms with E-state index in [4.69, 9.17) is 0 Å². The van der Waals surface area contributed by atoms with E-state index in [2.05, 4.69) is 46.1 Å². The molecule has 98 valence electrons. The molecule has 2 heterocycles. The van der Waals surface area contributed by atoms with Crippen LogP contribution in [0.5, 0.6) is 0 Å². The van der Waals surface area contributed by atoms with Crippen LogP contribution in [0.2, 0.25) is 0 Å². The minimum absolute atomic E-state index is 0.927. The van der Waals surface area contributed by atoms with Crippen LogP contribution in [-0.2, 0) is 20.0 Å². The Balaban J connectivity index is 1.55. The van der Waals surface area contributed by atoms with Crippen molar-refractivity contribution >= 4 is 21.4 Å². The number of thiophene rings is 1. The average molecular weight is 271 g/mol. The van der Waals surface area contributed by atoms with Gasteiger partial charge in [-0.2, -0.15) is 5.10 Å². The number of nitrogens with zero attached hydrogens (tertiary/aromatic N) is 2. The first kappa shape index (κ1) is 12.4. The molecule has 0 fully saturated rings. The zero-order chi connectivity index (χ0) is 13.1. The van der Waals surface area contributed by atoms with Crippen LogP contribution in [0.15, 0.2) is 41.9 Å². The maximum Gasteiger partial charge on any atom is 0.0637 e. The van der Waals surface area contributed by atoms with Crippen molar-refractivity contribution in [2.24, 2.45) is 7.05 Å². The lowest BCUT2D eigenvalue weighted by Gasteiger charge is -2.02. The molecule has 0 atom stereocenters. The molecule has 0 aliphatic heterocycles. The third-order valence-electron chi connectivity index (χ3n) is 3.20. The van der Waals surface area contributed by atoms with Crippen LogP contribution in [0.1, 0.15) is 11.3 Å². The molecular weight excluding hydrogens is 254 g/mol. The summed E-state index contributed by atoms with van der Waals surface area (Å²) in [5.41, 5.74) is 2.53. The largest absolute Gasteiger partial charge is 0.312 e. The monoisotopic (exact) mass is 271 g/mol. The molecule has 0 aliphatic carbocycles. The van der Waals surface area contributed by atoms with Crippen LogP contribution in [0.3, 0.4) is 0 Å². The van der Waals surface area contributed by atoms with Gasteiger partial charge in [-0.25, -0.2) is 0 Å². The molecule has 0 saturated heterocycles. The Morgan fingerprint density at radius 3 is 3.00 bits per heavy atom. The zero-order valence-electron chi connectivity index (χ0n) is 11.0. The number of hydrogen-bond donors (Lipinski definition) is 1. The van der Waals surface area contributed by atoms with Crippen LogP contribution in [0, 0.1) is 0 Å². The predicted octanol–water partition coefficient (Wildman–Crippen LogP) is 2.97. The van der Waals surface area contributed by atoms with Crippen molar-refractivity contribution in [3.8, 4) is 0 Å². The van der Waals surface area contributed by atoms with Gasteiger partial charge in [-0.1, -0.05) is 18.2 Å². The van der Waals surface area contributed by atoms with Crippen molar-refractivity contribution < 1.29 is 0 Å². The minimum atomic E-state index is 0.927. The topological polar surface area (TPSA) is 29.9 Å². The summed E-state index contributed by atoms with van der Waals surface area (Å²) < 4.78 is 3.21. The summed E-state index contributed by atoms with van der Waals surface area (Å²) >= 11 is 1.82. The molecule has 0 saturated carbocycles. The van der Waals surface area contributed by atoms with Crippen LogP contribution in [0.25, 0.3) is 10.1 Å². The molecule has 0 amide bonds. The summed E-state index contributed by atoms with van der Waals surface area (Å²) in [4.78, 5) is 0. The fourth-order valence-corrected chi connectivity index (χ4v) is 3.17. The third-order valence-corrected chi connectivity index (χ3v) is 4.22. The van der Waals surface area contributed by atoms with Crippen LogP contribution < -0.4 is 5.32 Å². The van der Waals surface area contributed by atoms with Gasteiger partial charge in [0.25, 0.3) is 0 Å². The Labute approximate surface area is 116 Å². The van der Waals surface area contributed by atoms with Crippen LogP contribution in [-0.4, -0.2) is 16.3 Å². The lowest BCUT2D eigenvalue weighted by Crippen LogP contribution is -2.16. The summed E-state index contributed by atoms with van der Waals surface area (Å²) in [6.45, 7) is 1.89. The Bertz CT molecular complexity index is 669. The fraction of sp³-hybridized carbons (Fsp3) is 0.267. The Morgan fingerprint density at radius 2 is 2.16 bits per heavy atom. The van der Waals surface area contributed by atoms with Crippen molar-refractivity contribution in [2.75, 3.05) is 6.54 Å². The Kier molecular flexibility index (Phi) is 3.62. The van der Waals surface area contributed by atoms with E-state index in [1.54, 1.807) is 0 Å². The second kappa shape index (κ2) is 5.55. The molecule has 2 aromatic heterocycles. The molecule has 1 N–H and O–H groups in total. The summed E-state index contributed by atoms with van der Waals surface area (Å²) in [5.74, 6) is 0. The number of aryl methyl sites for hydroxylation is 1. The third kappa shape index (κ3) is 2.85. The summed E-state index contributed by atoms with van der Waals surface area (Å²) in [6.07, 6.45) is 2.96. The molecule has 1 aromatic carbocycles. The van der Waals surface area contributed by atoms with Crippen molar-refractivity contribution in [1.29, 1.82) is 0 Å². The number of rotatable bonds is 5. The molecule has 0 bridgehead atoms. The highest BCUT2D eigenvalue weighted by molar-refractivity contribution is 7.17. The van der Waals surface area contributed by atoms with Gasteiger partial charge in [0, 0.05) is 37.5 Å². The van der Waals surface area contributed by atoms with E-state index in [0.717, 1.165) is 25.2 Å². The van der Waals surface area contributed by atoms with Gasteiger partial charge in [-0.05, 0) is 28.5 Å². The van der Waals surface area contributed by atoms with Gasteiger partial charge in [0.15, 0.2) is 0 Å². The van der Waals surface area contributed by atoms with Gasteiger partial charge in [-0.15, -0.1) is 11.3 Å². The number of nitrogens with one attached hydrogen (secondary N) is 1. The molecule has 0 aliphatic rings.